The maximum Gasteiger partial charge on any atom is 0.147 e. The number of ether oxygens (including phenoxy) is 1. The van der Waals surface area contributed by atoms with E-state index in [-0.39, 0.29) is 12.0 Å². The summed E-state index contributed by atoms with van der Waals surface area (Å²) in [5.41, 5.74) is 4.11. The van der Waals surface area contributed by atoms with Crippen molar-refractivity contribution in [2.45, 2.75) is 30.9 Å². The Morgan fingerprint density at radius 3 is 3.09 bits per heavy atom. The maximum absolute atomic E-state index is 9.34. The highest BCUT2D eigenvalue weighted by atomic mass is 16.5. The first-order valence-electron chi connectivity index (χ1n) is 7.94. The second-order valence-electron chi connectivity index (χ2n) is 6.68. The first kappa shape index (κ1) is 13.8. The number of aromatic nitrogens is 1. The summed E-state index contributed by atoms with van der Waals surface area (Å²) in [5, 5.41) is 10.7. The zero-order valence-electron chi connectivity index (χ0n) is 13.0. The third-order valence-corrected chi connectivity index (χ3v) is 5.57. The van der Waals surface area contributed by atoms with Gasteiger partial charge in [0, 0.05) is 48.6 Å². The molecule has 4 nitrogen and oxygen atoms in total. The molecule has 2 aliphatic rings. The number of hydrogen-bond donors (Lipinski definition) is 1. The molecule has 0 radical (unpaired) electrons. The number of hydrogen-bond acceptors (Lipinski definition) is 3. The van der Waals surface area contributed by atoms with E-state index in [1.54, 1.807) is 7.11 Å². The largest absolute Gasteiger partial charge is 0.366 e. The highest BCUT2D eigenvalue weighted by Gasteiger charge is 2.41. The van der Waals surface area contributed by atoms with Gasteiger partial charge in [0.1, 0.15) is 6.10 Å². The Labute approximate surface area is 130 Å². The molecule has 0 spiro atoms. The highest BCUT2D eigenvalue weighted by molar-refractivity contribution is 5.88. The smallest absolute Gasteiger partial charge is 0.147 e. The molecule has 0 bridgehead atoms. The van der Waals surface area contributed by atoms with Gasteiger partial charge in [-0.3, -0.25) is 0 Å². The average Bonchev–Trinajstić information content (AvgIpc) is 2.94. The van der Waals surface area contributed by atoms with Gasteiger partial charge in [0.25, 0.3) is 0 Å². The summed E-state index contributed by atoms with van der Waals surface area (Å²) in [5.74, 6) is 0.763. The van der Waals surface area contributed by atoms with Crippen molar-refractivity contribution in [2.75, 3.05) is 20.7 Å². The van der Waals surface area contributed by atoms with Crippen molar-refractivity contribution in [3.8, 4) is 6.07 Å². The second-order valence-corrected chi connectivity index (χ2v) is 6.68. The minimum absolute atomic E-state index is 0.275. The van der Waals surface area contributed by atoms with Crippen LogP contribution in [-0.2, 0) is 11.2 Å². The fourth-order valence-electron chi connectivity index (χ4n) is 4.55. The lowest BCUT2D eigenvalue weighted by Crippen LogP contribution is -2.50. The van der Waals surface area contributed by atoms with E-state index in [1.165, 1.54) is 22.0 Å². The Morgan fingerprint density at radius 1 is 1.45 bits per heavy atom. The van der Waals surface area contributed by atoms with Crippen LogP contribution in [0.25, 0.3) is 10.9 Å². The van der Waals surface area contributed by atoms with E-state index < -0.39 is 0 Å². The molecule has 0 amide bonds. The van der Waals surface area contributed by atoms with Crippen LogP contribution in [0.1, 0.15) is 23.5 Å². The second kappa shape index (κ2) is 5.12. The summed E-state index contributed by atoms with van der Waals surface area (Å²) in [6.07, 6.45) is 3.98. The summed E-state index contributed by atoms with van der Waals surface area (Å²) in [6.45, 7) is 0.933. The Kier molecular flexibility index (Phi) is 3.21. The van der Waals surface area contributed by atoms with Crippen LogP contribution in [0.3, 0.4) is 0 Å². The van der Waals surface area contributed by atoms with Gasteiger partial charge in [-0.05, 0) is 37.1 Å². The minimum Gasteiger partial charge on any atom is -0.366 e. The zero-order valence-corrected chi connectivity index (χ0v) is 13.0. The normalized spacial score (nSPS) is 29.0. The molecular formula is C18H21N3O. The van der Waals surface area contributed by atoms with Crippen LogP contribution in [0, 0.1) is 17.2 Å². The van der Waals surface area contributed by atoms with Gasteiger partial charge in [-0.15, -0.1) is 0 Å². The van der Waals surface area contributed by atoms with Crippen LogP contribution in [0.4, 0.5) is 0 Å². The number of nitriles is 1. The molecule has 0 saturated carbocycles. The van der Waals surface area contributed by atoms with Gasteiger partial charge in [-0.25, -0.2) is 0 Å². The van der Waals surface area contributed by atoms with Gasteiger partial charge in [0.15, 0.2) is 0 Å². The van der Waals surface area contributed by atoms with Gasteiger partial charge >= 0.3 is 0 Å². The van der Waals surface area contributed by atoms with Crippen LogP contribution in [0.5, 0.6) is 0 Å². The van der Waals surface area contributed by atoms with Gasteiger partial charge in [0.05, 0.1) is 6.07 Å². The van der Waals surface area contributed by atoms with Crippen molar-refractivity contribution in [2.24, 2.45) is 5.92 Å². The molecule has 4 rings (SSSR count). The highest BCUT2D eigenvalue weighted by Crippen LogP contribution is 2.44. The summed E-state index contributed by atoms with van der Waals surface area (Å²) in [4.78, 5) is 5.83. The quantitative estimate of drug-likeness (QED) is 0.926. The zero-order chi connectivity index (χ0) is 15.3. The first-order valence-corrected chi connectivity index (χ1v) is 7.94. The van der Waals surface area contributed by atoms with E-state index in [0.717, 1.165) is 19.4 Å². The molecule has 114 valence electrons. The van der Waals surface area contributed by atoms with Crippen LogP contribution in [0.2, 0.25) is 0 Å². The summed E-state index contributed by atoms with van der Waals surface area (Å²) >= 11 is 0. The lowest BCUT2D eigenvalue weighted by atomic mass is 9.71. The van der Waals surface area contributed by atoms with E-state index in [9.17, 15) is 5.26 Å². The summed E-state index contributed by atoms with van der Waals surface area (Å²) in [7, 11) is 3.83. The van der Waals surface area contributed by atoms with Crippen molar-refractivity contribution in [1.82, 2.24) is 9.88 Å². The van der Waals surface area contributed by atoms with Crippen molar-refractivity contribution in [3.63, 3.8) is 0 Å². The van der Waals surface area contributed by atoms with Gasteiger partial charge in [-0.2, -0.15) is 5.26 Å². The molecule has 4 heteroatoms. The minimum atomic E-state index is -0.310. The maximum atomic E-state index is 9.34. The third kappa shape index (κ3) is 1.89. The predicted molar refractivity (Wildman–Crippen MR) is 85.7 cm³/mol. The predicted octanol–water partition coefficient (Wildman–Crippen LogP) is 2.67. The van der Waals surface area contributed by atoms with E-state index in [4.69, 9.17) is 4.74 Å². The molecule has 1 aromatic heterocycles. The fraction of sp³-hybridized carbons (Fsp3) is 0.500. The number of aromatic amines is 1. The average molecular weight is 295 g/mol. The number of H-pyrrole nitrogens is 1. The lowest BCUT2D eigenvalue weighted by Gasteiger charge is -2.46. The number of nitrogens with zero attached hydrogens (tertiary/aromatic N) is 2. The summed E-state index contributed by atoms with van der Waals surface area (Å²) < 4.78 is 5.40. The van der Waals surface area contributed by atoms with Crippen LogP contribution < -0.4 is 0 Å². The Balaban J connectivity index is 1.77. The number of fused-ring (bicyclic) bond motifs is 2. The Bertz CT molecular complexity index is 744. The Morgan fingerprint density at radius 2 is 2.32 bits per heavy atom. The molecule has 2 unspecified atom stereocenters. The topological polar surface area (TPSA) is 52.0 Å². The van der Waals surface area contributed by atoms with Gasteiger partial charge < -0.3 is 14.6 Å². The van der Waals surface area contributed by atoms with Crippen LogP contribution in [-0.4, -0.2) is 42.7 Å². The van der Waals surface area contributed by atoms with E-state index in [0.29, 0.717) is 12.0 Å². The number of likely N-dealkylation sites (N-methyl/N-ethyl adjacent to an activating group) is 1. The van der Waals surface area contributed by atoms with Gasteiger partial charge in [-0.1, -0.05) is 12.1 Å². The molecular weight excluding hydrogens is 274 g/mol. The Hall–Kier alpha value is -1.83. The molecule has 2 heterocycles. The molecule has 4 atom stereocenters. The third-order valence-electron chi connectivity index (χ3n) is 5.57. The molecule has 1 aromatic carbocycles. The van der Waals surface area contributed by atoms with Crippen molar-refractivity contribution >= 4 is 10.9 Å². The number of benzene rings is 1. The SMILES string of the molecule is COC(C#N)[C@@H]1CC2c3cccc4[nH]cc(c34)C[C@H]2N(C)C1. The number of likely N-dealkylation sites (tertiary alicyclic amines) is 1. The van der Waals surface area contributed by atoms with Crippen molar-refractivity contribution < 1.29 is 4.74 Å². The van der Waals surface area contributed by atoms with E-state index in [2.05, 4.69) is 47.4 Å². The molecule has 2 aromatic rings. The van der Waals surface area contributed by atoms with Gasteiger partial charge in [0.2, 0.25) is 0 Å². The first-order chi connectivity index (χ1) is 10.7. The lowest BCUT2D eigenvalue weighted by molar-refractivity contribution is 0.0262. The molecule has 1 N–H and O–H groups in total. The van der Waals surface area contributed by atoms with Crippen LogP contribution >= 0.6 is 0 Å². The molecule has 22 heavy (non-hydrogen) atoms. The number of rotatable bonds is 2. The number of piperidine rings is 1. The van der Waals surface area contributed by atoms with E-state index in [1.807, 2.05) is 0 Å². The standard InChI is InChI=1S/C18H21N3O/c1-21-10-12(17(8-19)22-2)6-14-13-4-3-5-15-18(13)11(9-20-15)7-16(14)21/h3-5,9,12,14,16-17,20H,6-7,10H2,1-2H3/t12-,14?,16-,17?/m1/s1. The number of nitrogens with one attached hydrogen (secondary N) is 1. The fourth-order valence-corrected chi connectivity index (χ4v) is 4.55. The van der Waals surface area contributed by atoms with E-state index >= 15 is 0 Å². The molecule has 1 fully saturated rings. The van der Waals surface area contributed by atoms with Crippen molar-refractivity contribution in [3.05, 3.63) is 35.5 Å². The number of methoxy groups -OCH3 is 1. The monoisotopic (exact) mass is 295 g/mol. The molecule has 1 aliphatic heterocycles. The van der Waals surface area contributed by atoms with Crippen LogP contribution in [0.15, 0.2) is 24.4 Å². The molecule has 1 saturated heterocycles. The van der Waals surface area contributed by atoms with Crippen molar-refractivity contribution in [1.29, 1.82) is 5.26 Å². The summed E-state index contributed by atoms with van der Waals surface area (Å²) in [6, 6.07) is 9.41. The molecule has 1 aliphatic carbocycles.